The molecular weight excluding hydrogens is 718 g/mol. The summed E-state index contributed by atoms with van der Waals surface area (Å²) in [5.41, 5.74) is 10.5. The van der Waals surface area contributed by atoms with Gasteiger partial charge in [-0.1, -0.05) is 54.1 Å². The van der Waals surface area contributed by atoms with Crippen molar-refractivity contribution < 1.29 is 24.2 Å². The minimum atomic E-state index is -0.882. The zero-order valence-electron chi connectivity index (χ0n) is 30.5. The standard InChI is InChI=1S/C42H42ClN7O5/c1-25(44)50-36-14-12-32(55-2)22-34(36)40(29-8-10-31(43)11-9-29)48-35(41(50)45)23-38(52)47-24-27-4-3-5-30(20-27)28-16-18-49(19-17-28)39(53)15-7-26-6-13-33(42(46)54)37(51)21-26/h3-15,20-22,28,35,44-45,51H,16-19,23-24H2,1-2H3,(H2,46,54)(H,47,52)/t35-/m0/s1. The molecule has 0 aliphatic carbocycles. The number of fused-ring (bicyclic) bond motifs is 1. The number of halogens is 1. The number of carbonyl (C=O) groups excluding carboxylic acids is 3. The molecule has 0 bridgehead atoms. The van der Waals surface area contributed by atoms with Gasteiger partial charge in [0, 0.05) is 41.9 Å². The van der Waals surface area contributed by atoms with E-state index in [2.05, 4.69) is 17.4 Å². The van der Waals surface area contributed by atoms with Gasteiger partial charge in [0.15, 0.2) is 0 Å². The van der Waals surface area contributed by atoms with Gasteiger partial charge >= 0.3 is 0 Å². The van der Waals surface area contributed by atoms with Gasteiger partial charge in [0.05, 0.1) is 30.5 Å². The fraction of sp³-hybridized carbons (Fsp3) is 0.238. The van der Waals surface area contributed by atoms with Crippen LogP contribution in [-0.4, -0.2) is 71.4 Å². The molecular formula is C42H42ClN7O5. The molecule has 0 spiro atoms. The SMILES string of the molecule is COc1ccc2c(c1)C(c1ccc(Cl)cc1)=N[C@@H](CC(=O)NCc1cccc(C3CCN(C(=O)C=Cc4ccc(C(N)=O)c(O)c4)CC3)c1)C(=N)N2C(C)=N. The van der Waals surface area contributed by atoms with E-state index < -0.39 is 11.9 Å². The highest BCUT2D eigenvalue weighted by Crippen LogP contribution is 2.33. The summed E-state index contributed by atoms with van der Waals surface area (Å²) in [5, 5.41) is 31.3. The van der Waals surface area contributed by atoms with Crippen LogP contribution in [0.25, 0.3) is 6.08 Å². The van der Waals surface area contributed by atoms with E-state index in [9.17, 15) is 19.5 Å². The smallest absolute Gasteiger partial charge is 0.252 e. The zero-order chi connectivity index (χ0) is 39.2. The second kappa shape index (κ2) is 16.8. The Morgan fingerprint density at radius 1 is 1.04 bits per heavy atom. The monoisotopic (exact) mass is 759 g/mol. The molecule has 1 atom stereocenters. The number of benzodiazepines with no additional fused rings is 1. The summed E-state index contributed by atoms with van der Waals surface area (Å²) in [7, 11) is 1.57. The van der Waals surface area contributed by atoms with Gasteiger partial charge in [-0.2, -0.15) is 0 Å². The number of ether oxygens (including phenoxy) is 1. The van der Waals surface area contributed by atoms with Gasteiger partial charge < -0.3 is 25.8 Å². The molecule has 0 unspecified atom stereocenters. The van der Waals surface area contributed by atoms with Crippen molar-refractivity contribution in [2.24, 2.45) is 10.7 Å². The molecule has 282 valence electrons. The van der Waals surface area contributed by atoms with Crippen molar-refractivity contribution in [1.82, 2.24) is 10.2 Å². The van der Waals surface area contributed by atoms with Gasteiger partial charge in [-0.15, -0.1) is 0 Å². The number of methoxy groups -OCH3 is 1. The number of primary amides is 1. The number of piperidine rings is 1. The Morgan fingerprint density at radius 3 is 2.45 bits per heavy atom. The lowest BCUT2D eigenvalue weighted by Crippen LogP contribution is -2.42. The maximum atomic E-state index is 13.5. The highest BCUT2D eigenvalue weighted by Gasteiger charge is 2.32. The molecule has 1 fully saturated rings. The number of nitrogens with zero attached hydrogens (tertiary/aromatic N) is 3. The highest BCUT2D eigenvalue weighted by molar-refractivity contribution is 6.31. The van der Waals surface area contributed by atoms with Crippen LogP contribution in [0.1, 0.15) is 70.3 Å². The predicted octanol–water partition coefficient (Wildman–Crippen LogP) is 6.28. The Morgan fingerprint density at radius 2 is 1.78 bits per heavy atom. The minimum Gasteiger partial charge on any atom is -0.507 e. The summed E-state index contributed by atoms with van der Waals surface area (Å²) in [6.07, 6.45) is 4.51. The third kappa shape index (κ3) is 8.93. The van der Waals surface area contributed by atoms with Gasteiger partial charge in [-0.3, -0.25) is 35.1 Å². The van der Waals surface area contributed by atoms with Gasteiger partial charge in [0.1, 0.15) is 29.2 Å². The number of benzene rings is 4. The van der Waals surface area contributed by atoms with Crippen molar-refractivity contribution >= 4 is 58.5 Å². The molecule has 4 aromatic carbocycles. The normalized spacial score (nSPS) is 15.9. The maximum absolute atomic E-state index is 13.5. The molecule has 1 saturated heterocycles. The Kier molecular flexibility index (Phi) is 11.8. The number of aliphatic imine (C=N–C) groups is 1. The van der Waals surface area contributed by atoms with E-state index >= 15 is 0 Å². The Bertz CT molecular complexity index is 2210. The number of likely N-dealkylation sites (tertiary alicyclic amines) is 1. The fourth-order valence-electron chi connectivity index (χ4n) is 6.91. The summed E-state index contributed by atoms with van der Waals surface area (Å²) < 4.78 is 5.51. The number of amidine groups is 2. The number of anilines is 1. The second-order valence-corrected chi connectivity index (χ2v) is 13.9. The number of hydrogen-bond donors (Lipinski definition) is 5. The maximum Gasteiger partial charge on any atom is 0.252 e. The topological polar surface area (TPSA) is 185 Å². The van der Waals surface area contributed by atoms with E-state index in [1.54, 1.807) is 55.3 Å². The Labute approximate surface area is 324 Å². The number of carbonyl (C=O) groups is 3. The molecule has 4 aromatic rings. The molecule has 13 heteroatoms. The van der Waals surface area contributed by atoms with Crippen LogP contribution in [0.5, 0.6) is 11.5 Å². The van der Waals surface area contributed by atoms with Crippen LogP contribution in [-0.2, 0) is 16.1 Å². The first-order valence-electron chi connectivity index (χ1n) is 17.8. The second-order valence-electron chi connectivity index (χ2n) is 13.5. The number of hydrogen-bond acceptors (Lipinski definition) is 8. The number of nitrogens with two attached hydrogens (primary N) is 1. The number of aromatic hydroxyl groups is 1. The van der Waals surface area contributed by atoms with Crippen molar-refractivity contribution in [1.29, 1.82) is 10.8 Å². The molecule has 0 aromatic heterocycles. The van der Waals surface area contributed by atoms with Gasteiger partial charge in [0.2, 0.25) is 11.8 Å². The molecule has 0 radical (unpaired) electrons. The van der Waals surface area contributed by atoms with Crippen LogP contribution < -0.4 is 20.7 Å². The molecule has 2 aliphatic heterocycles. The third-order valence-corrected chi connectivity index (χ3v) is 10.0. The largest absolute Gasteiger partial charge is 0.507 e. The summed E-state index contributed by atoms with van der Waals surface area (Å²) >= 11 is 6.20. The van der Waals surface area contributed by atoms with E-state index in [0.29, 0.717) is 46.4 Å². The van der Waals surface area contributed by atoms with Crippen molar-refractivity contribution in [2.45, 2.75) is 44.7 Å². The van der Waals surface area contributed by atoms with E-state index in [1.807, 2.05) is 30.3 Å². The molecule has 55 heavy (non-hydrogen) atoms. The summed E-state index contributed by atoms with van der Waals surface area (Å²) in [4.78, 5) is 46.1. The molecule has 6 rings (SSSR count). The van der Waals surface area contributed by atoms with Crippen molar-refractivity contribution in [3.63, 3.8) is 0 Å². The number of amides is 3. The number of nitrogens with one attached hydrogen (secondary N) is 3. The average Bonchev–Trinajstić information content (AvgIpc) is 3.29. The van der Waals surface area contributed by atoms with Crippen LogP contribution in [0.3, 0.4) is 0 Å². The van der Waals surface area contributed by atoms with Gasteiger partial charge in [-0.05, 0) is 90.9 Å². The summed E-state index contributed by atoms with van der Waals surface area (Å²) in [6.45, 7) is 3.04. The predicted molar refractivity (Wildman–Crippen MR) is 215 cm³/mol. The number of phenols is 1. The van der Waals surface area contributed by atoms with Crippen molar-refractivity contribution in [3.05, 3.63) is 129 Å². The summed E-state index contributed by atoms with van der Waals surface area (Å²) in [6, 6.07) is 24.2. The van der Waals surface area contributed by atoms with Gasteiger partial charge in [0.25, 0.3) is 5.91 Å². The summed E-state index contributed by atoms with van der Waals surface area (Å²) in [5.74, 6) is -0.423. The molecule has 2 aliphatic rings. The third-order valence-electron chi connectivity index (χ3n) is 9.80. The number of rotatable bonds is 10. The Hall–Kier alpha value is -6.27. The Balaban J connectivity index is 1.10. The molecule has 0 saturated carbocycles. The highest BCUT2D eigenvalue weighted by atomic mass is 35.5. The molecule has 3 amide bonds. The quantitative estimate of drug-likeness (QED) is 0.0720. The van der Waals surface area contributed by atoms with Crippen LogP contribution >= 0.6 is 11.6 Å². The van der Waals surface area contributed by atoms with Crippen LogP contribution in [0.2, 0.25) is 5.02 Å². The fourth-order valence-corrected chi connectivity index (χ4v) is 7.03. The molecule has 12 nitrogen and oxygen atoms in total. The van der Waals surface area contributed by atoms with E-state index in [4.69, 9.17) is 37.9 Å². The molecule has 2 heterocycles. The molecule has 6 N–H and O–H groups in total. The van der Waals surface area contributed by atoms with Crippen molar-refractivity contribution in [2.75, 3.05) is 25.1 Å². The lowest BCUT2D eigenvalue weighted by molar-refractivity contribution is -0.127. The zero-order valence-corrected chi connectivity index (χ0v) is 31.3. The van der Waals surface area contributed by atoms with E-state index in [0.717, 1.165) is 29.5 Å². The lowest BCUT2D eigenvalue weighted by Gasteiger charge is -2.31. The van der Waals surface area contributed by atoms with Crippen molar-refractivity contribution in [3.8, 4) is 11.5 Å². The first kappa shape index (κ1) is 38.5. The van der Waals surface area contributed by atoms with E-state index in [-0.39, 0.29) is 53.7 Å². The average molecular weight is 760 g/mol. The minimum absolute atomic E-state index is 0.0125. The first-order valence-corrected chi connectivity index (χ1v) is 18.2. The lowest BCUT2D eigenvalue weighted by atomic mass is 9.88. The van der Waals surface area contributed by atoms with Crippen LogP contribution in [0, 0.1) is 10.8 Å². The van der Waals surface area contributed by atoms with Crippen LogP contribution in [0.4, 0.5) is 5.69 Å². The van der Waals surface area contributed by atoms with E-state index in [1.165, 1.54) is 23.1 Å². The van der Waals surface area contributed by atoms with Crippen LogP contribution in [0.15, 0.2) is 96.0 Å². The van der Waals surface area contributed by atoms with Gasteiger partial charge in [-0.25, -0.2) is 0 Å². The first-order chi connectivity index (χ1) is 26.4.